The van der Waals surface area contributed by atoms with Crippen molar-refractivity contribution in [1.82, 2.24) is 0 Å². The van der Waals surface area contributed by atoms with Crippen LogP contribution in [0.4, 0.5) is 5.69 Å². The number of hydrogen-bond donors (Lipinski definition) is 1. The molecular formula is C17H17NO7S. The lowest BCUT2D eigenvalue weighted by Crippen LogP contribution is -2.28. The number of hydrogen-bond acceptors (Lipinski definition) is 7. The van der Waals surface area contributed by atoms with E-state index in [2.05, 4.69) is 0 Å². The van der Waals surface area contributed by atoms with E-state index >= 15 is 0 Å². The highest BCUT2D eigenvalue weighted by atomic mass is 32.2. The molecule has 0 atom stereocenters. The molecule has 0 aliphatic carbocycles. The first-order valence-corrected chi connectivity index (χ1v) is 8.78. The van der Waals surface area contributed by atoms with Crippen molar-refractivity contribution in [2.75, 3.05) is 19.1 Å². The highest BCUT2D eigenvalue weighted by Gasteiger charge is 2.30. The van der Waals surface area contributed by atoms with E-state index in [1.807, 2.05) is 0 Å². The number of benzene rings is 1. The number of anilines is 1. The number of rotatable bonds is 4. The van der Waals surface area contributed by atoms with Gasteiger partial charge in [-0.3, -0.25) is 4.55 Å². The molecular weight excluding hydrogens is 362 g/mol. The summed E-state index contributed by atoms with van der Waals surface area (Å²) in [5.41, 5.74) is 0.166. The quantitative estimate of drug-likeness (QED) is 0.622. The van der Waals surface area contributed by atoms with Crippen molar-refractivity contribution in [2.45, 2.75) is 11.8 Å². The number of methoxy groups -OCH3 is 2. The fraction of sp³-hybridized carbons (Fsp3) is 0.176. The summed E-state index contributed by atoms with van der Waals surface area (Å²) in [6.45, 7) is 1.65. The standard InChI is InChI=1S/C17H17NO7S/c1-11-7-8-13(14(10-11)26(21,22)23)18-9-5-4-6-12(16(19)24-2)15(18)17(20)25-3/h4-10H,1-3H3,(H,21,22,23). The summed E-state index contributed by atoms with van der Waals surface area (Å²) in [4.78, 5) is 25.2. The zero-order valence-electron chi connectivity index (χ0n) is 14.3. The maximum atomic E-state index is 12.4. The maximum absolute atomic E-state index is 12.4. The highest BCUT2D eigenvalue weighted by Crippen LogP contribution is 2.32. The Bertz CT molecular complexity index is 942. The van der Waals surface area contributed by atoms with Gasteiger partial charge in [0.2, 0.25) is 0 Å². The third-order valence-corrected chi connectivity index (χ3v) is 4.42. The summed E-state index contributed by atoms with van der Waals surface area (Å²) in [7, 11) is -2.33. The van der Waals surface area contributed by atoms with E-state index in [0.717, 1.165) is 19.1 Å². The molecule has 0 saturated carbocycles. The van der Waals surface area contributed by atoms with Crippen LogP contribution in [0, 0.1) is 6.92 Å². The molecule has 0 unspecified atom stereocenters. The zero-order chi connectivity index (χ0) is 19.5. The van der Waals surface area contributed by atoms with Crippen molar-refractivity contribution >= 4 is 27.7 Å². The predicted molar refractivity (Wildman–Crippen MR) is 92.8 cm³/mol. The molecule has 0 bridgehead atoms. The molecule has 1 aliphatic heterocycles. The van der Waals surface area contributed by atoms with E-state index in [9.17, 15) is 22.6 Å². The molecule has 0 fully saturated rings. The van der Waals surface area contributed by atoms with E-state index in [1.165, 1.54) is 36.6 Å². The molecule has 138 valence electrons. The Kier molecular flexibility index (Phi) is 5.63. The van der Waals surface area contributed by atoms with Gasteiger partial charge in [0.15, 0.2) is 0 Å². The fourth-order valence-corrected chi connectivity index (χ4v) is 3.14. The Labute approximate surface area is 150 Å². The normalized spacial score (nSPS) is 14.2. The van der Waals surface area contributed by atoms with Crippen molar-refractivity contribution in [3.05, 3.63) is 59.5 Å². The van der Waals surface area contributed by atoms with Gasteiger partial charge in [-0.1, -0.05) is 12.1 Å². The first kappa shape index (κ1) is 19.4. The van der Waals surface area contributed by atoms with Crippen molar-refractivity contribution in [3.8, 4) is 0 Å². The van der Waals surface area contributed by atoms with Gasteiger partial charge in [0.05, 0.1) is 25.5 Å². The molecule has 0 aromatic heterocycles. The van der Waals surface area contributed by atoms with Crippen LogP contribution in [0.1, 0.15) is 5.56 Å². The van der Waals surface area contributed by atoms with Crippen molar-refractivity contribution < 1.29 is 32.0 Å². The average Bonchev–Trinajstić information content (AvgIpc) is 2.82. The first-order valence-electron chi connectivity index (χ1n) is 7.34. The number of carbonyl (C=O) groups is 2. The molecule has 0 radical (unpaired) electrons. The second-order valence-electron chi connectivity index (χ2n) is 5.26. The fourth-order valence-electron chi connectivity index (χ4n) is 2.38. The maximum Gasteiger partial charge on any atom is 0.355 e. The van der Waals surface area contributed by atoms with Crippen LogP contribution in [0.25, 0.3) is 0 Å². The van der Waals surface area contributed by atoms with Crippen molar-refractivity contribution in [3.63, 3.8) is 0 Å². The predicted octanol–water partition coefficient (Wildman–Crippen LogP) is 1.73. The minimum atomic E-state index is -4.60. The number of nitrogens with zero attached hydrogens (tertiary/aromatic N) is 1. The average molecular weight is 379 g/mol. The summed E-state index contributed by atoms with van der Waals surface area (Å²) >= 11 is 0. The summed E-state index contributed by atoms with van der Waals surface area (Å²) in [6.07, 6.45) is 5.69. The van der Waals surface area contributed by atoms with Crippen LogP contribution >= 0.6 is 0 Å². The molecule has 26 heavy (non-hydrogen) atoms. The van der Waals surface area contributed by atoms with Crippen LogP contribution in [0.2, 0.25) is 0 Å². The van der Waals surface area contributed by atoms with Gasteiger partial charge in [0.1, 0.15) is 10.6 Å². The Hall–Kier alpha value is -2.91. The van der Waals surface area contributed by atoms with Crippen molar-refractivity contribution in [1.29, 1.82) is 0 Å². The monoisotopic (exact) mass is 379 g/mol. The molecule has 0 amide bonds. The molecule has 0 spiro atoms. The Morgan fingerprint density at radius 1 is 1.08 bits per heavy atom. The highest BCUT2D eigenvalue weighted by molar-refractivity contribution is 7.86. The minimum absolute atomic E-state index is 0.0279. The van der Waals surface area contributed by atoms with Gasteiger partial charge >= 0.3 is 11.9 Å². The molecule has 1 N–H and O–H groups in total. The van der Waals surface area contributed by atoms with E-state index in [4.69, 9.17) is 9.47 Å². The second kappa shape index (κ2) is 7.54. The first-order chi connectivity index (χ1) is 12.2. The largest absolute Gasteiger partial charge is 0.465 e. The number of ether oxygens (including phenoxy) is 2. The van der Waals surface area contributed by atoms with Gasteiger partial charge in [0, 0.05) is 6.20 Å². The molecule has 2 rings (SSSR count). The van der Waals surface area contributed by atoms with Crippen LogP contribution in [-0.4, -0.2) is 39.1 Å². The van der Waals surface area contributed by atoms with Gasteiger partial charge in [-0.25, -0.2) is 9.59 Å². The van der Waals surface area contributed by atoms with Crippen molar-refractivity contribution in [2.24, 2.45) is 0 Å². The molecule has 9 heteroatoms. The lowest BCUT2D eigenvalue weighted by molar-refractivity contribution is -0.139. The topological polar surface area (TPSA) is 110 Å². The third kappa shape index (κ3) is 3.84. The van der Waals surface area contributed by atoms with Gasteiger partial charge in [0.25, 0.3) is 10.1 Å². The molecule has 8 nitrogen and oxygen atoms in total. The van der Waals surface area contributed by atoms with E-state index < -0.39 is 27.0 Å². The summed E-state index contributed by atoms with van der Waals surface area (Å²) in [5, 5.41) is 0. The number of aryl methyl sites for hydroxylation is 1. The summed E-state index contributed by atoms with van der Waals surface area (Å²) in [6, 6.07) is 4.26. The molecule has 1 aromatic rings. The lowest BCUT2D eigenvalue weighted by Gasteiger charge is -2.24. The molecule has 0 saturated heterocycles. The summed E-state index contributed by atoms with van der Waals surface area (Å²) in [5.74, 6) is -1.70. The number of allylic oxidation sites excluding steroid dienone is 2. The van der Waals surface area contributed by atoms with Gasteiger partial charge in [-0.05, 0) is 36.8 Å². The van der Waals surface area contributed by atoms with Gasteiger partial charge in [-0.15, -0.1) is 0 Å². The summed E-state index contributed by atoms with van der Waals surface area (Å²) < 4.78 is 42.7. The number of carbonyl (C=O) groups excluding carboxylic acids is 2. The number of esters is 2. The van der Waals surface area contributed by atoms with Crippen LogP contribution in [-0.2, 0) is 29.2 Å². The van der Waals surface area contributed by atoms with Crippen LogP contribution in [0.15, 0.2) is 58.8 Å². The smallest absolute Gasteiger partial charge is 0.355 e. The zero-order valence-corrected chi connectivity index (χ0v) is 15.1. The van der Waals surface area contributed by atoms with Gasteiger partial charge < -0.3 is 14.4 Å². The van der Waals surface area contributed by atoms with E-state index in [-0.39, 0.29) is 17.0 Å². The second-order valence-corrected chi connectivity index (χ2v) is 6.65. The SMILES string of the molecule is COC(=O)C1=C(C(=O)OC)N(c2ccc(C)cc2S(=O)(=O)O)C=CC=C1. The van der Waals surface area contributed by atoms with Gasteiger partial charge in [-0.2, -0.15) is 8.42 Å². The molecule has 1 aromatic carbocycles. The molecule has 1 aliphatic rings. The lowest BCUT2D eigenvalue weighted by atomic mass is 10.1. The van der Waals surface area contributed by atoms with E-state index in [1.54, 1.807) is 13.0 Å². The van der Waals surface area contributed by atoms with Crippen LogP contribution in [0.5, 0.6) is 0 Å². The van der Waals surface area contributed by atoms with Crippen LogP contribution in [0.3, 0.4) is 0 Å². The minimum Gasteiger partial charge on any atom is -0.465 e. The molecule has 1 heterocycles. The Morgan fingerprint density at radius 2 is 1.73 bits per heavy atom. The third-order valence-electron chi connectivity index (χ3n) is 3.54. The Balaban J connectivity index is 2.83. The van der Waals surface area contributed by atoms with Crippen LogP contribution < -0.4 is 4.90 Å². The van der Waals surface area contributed by atoms with E-state index in [0.29, 0.717) is 5.56 Å². The Morgan fingerprint density at radius 3 is 2.31 bits per heavy atom.